The Morgan fingerprint density at radius 1 is 0.920 bits per heavy atom. The zero-order valence-corrected chi connectivity index (χ0v) is 15.6. The third-order valence-electron chi connectivity index (χ3n) is 3.00. The maximum Gasteiger partial charge on any atom is 0.303 e. The first-order valence-corrected chi connectivity index (χ1v) is 7.97. The molecule has 0 aromatic heterocycles. The molecule has 25 heavy (non-hydrogen) atoms. The SMILES string of the molecule is CC(=O)OC[C@H]1OC(O)(Br)[C@H](OC(C)=O)[C@@H](OC(C)=O)[C@@H]1OC(C)=O. The molecule has 10 nitrogen and oxygen atoms in total. The van der Waals surface area contributed by atoms with Crippen LogP contribution < -0.4 is 0 Å². The maximum absolute atomic E-state index is 11.4. The molecule has 1 aliphatic heterocycles. The Labute approximate surface area is 151 Å². The molecule has 0 aliphatic carbocycles. The van der Waals surface area contributed by atoms with Crippen molar-refractivity contribution >= 4 is 39.8 Å². The molecule has 1 rings (SSSR count). The molecule has 1 N–H and O–H groups in total. The van der Waals surface area contributed by atoms with Crippen molar-refractivity contribution in [3.63, 3.8) is 0 Å². The van der Waals surface area contributed by atoms with E-state index in [0.29, 0.717) is 0 Å². The molecule has 1 fully saturated rings. The highest BCUT2D eigenvalue weighted by atomic mass is 79.9. The van der Waals surface area contributed by atoms with Crippen molar-refractivity contribution in [2.75, 3.05) is 6.61 Å². The van der Waals surface area contributed by atoms with Crippen LogP contribution in [0.25, 0.3) is 0 Å². The van der Waals surface area contributed by atoms with E-state index in [4.69, 9.17) is 23.7 Å². The molecule has 0 radical (unpaired) electrons. The Kier molecular flexibility index (Phi) is 7.32. The third kappa shape index (κ3) is 6.25. The molecule has 1 unspecified atom stereocenters. The third-order valence-corrected chi connectivity index (χ3v) is 3.64. The minimum Gasteiger partial charge on any atom is -0.463 e. The van der Waals surface area contributed by atoms with Gasteiger partial charge in [-0.25, -0.2) is 0 Å². The topological polar surface area (TPSA) is 135 Å². The highest BCUT2D eigenvalue weighted by Crippen LogP contribution is 2.38. The highest BCUT2D eigenvalue weighted by molar-refractivity contribution is 9.10. The lowest BCUT2D eigenvalue weighted by Crippen LogP contribution is -2.66. The van der Waals surface area contributed by atoms with E-state index in [1.54, 1.807) is 0 Å². The van der Waals surface area contributed by atoms with Crippen molar-refractivity contribution in [1.82, 2.24) is 0 Å². The number of hydrogen-bond acceptors (Lipinski definition) is 10. The van der Waals surface area contributed by atoms with Crippen molar-refractivity contribution in [3.8, 4) is 0 Å². The number of hydrogen-bond donors (Lipinski definition) is 1. The summed E-state index contributed by atoms with van der Waals surface area (Å²) in [6, 6.07) is 0. The molecular weight excluding hydrogens is 408 g/mol. The van der Waals surface area contributed by atoms with Crippen molar-refractivity contribution in [3.05, 3.63) is 0 Å². The van der Waals surface area contributed by atoms with E-state index in [2.05, 4.69) is 15.9 Å². The second-order valence-electron chi connectivity index (χ2n) is 5.25. The molecule has 0 bridgehead atoms. The van der Waals surface area contributed by atoms with Gasteiger partial charge in [0.05, 0.1) is 0 Å². The molecule has 0 amide bonds. The predicted molar refractivity (Wildman–Crippen MR) is 82.0 cm³/mol. The summed E-state index contributed by atoms with van der Waals surface area (Å²) in [4.78, 5) is 45.2. The summed E-state index contributed by atoms with van der Waals surface area (Å²) >= 11 is 2.84. The zero-order chi connectivity index (χ0) is 19.4. The summed E-state index contributed by atoms with van der Waals surface area (Å²) in [5, 5.41) is 10.4. The molecule has 1 heterocycles. The van der Waals surface area contributed by atoms with Gasteiger partial charge in [0.15, 0.2) is 12.2 Å². The van der Waals surface area contributed by atoms with Gasteiger partial charge in [0.2, 0.25) is 6.10 Å². The van der Waals surface area contributed by atoms with Crippen LogP contribution in [0.15, 0.2) is 0 Å². The van der Waals surface area contributed by atoms with Gasteiger partial charge < -0.3 is 28.8 Å². The normalized spacial score (nSPS) is 31.6. The number of halogens is 1. The standard InChI is InChI=1S/C14H19BrO10/c1-6(16)21-5-10-11(22-7(2)17)12(23-8(3)18)13(24-9(4)19)14(15,20)25-10/h10-13,20H,5H2,1-4H3/t10-,11-,12+,13-,14?/m1/s1. The molecule has 1 aliphatic rings. The van der Waals surface area contributed by atoms with Crippen molar-refractivity contribution < 1.29 is 48.0 Å². The predicted octanol–water partition coefficient (Wildman–Crippen LogP) is -0.216. The second-order valence-corrected chi connectivity index (χ2v) is 6.38. The first-order valence-electron chi connectivity index (χ1n) is 7.18. The molecule has 0 saturated carbocycles. The highest BCUT2D eigenvalue weighted by Gasteiger charge is 2.58. The van der Waals surface area contributed by atoms with Crippen LogP contribution in [-0.2, 0) is 42.9 Å². The Balaban J connectivity index is 3.24. The van der Waals surface area contributed by atoms with E-state index in [9.17, 15) is 24.3 Å². The van der Waals surface area contributed by atoms with E-state index in [0.717, 1.165) is 27.7 Å². The molecule has 11 heteroatoms. The number of esters is 4. The first kappa shape index (κ1) is 21.3. The number of aliphatic hydroxyl groups is 1. The van der Waals surface area contributed by atoms with Crippen LogP contribution >= 0.6 is 15.9 Å². The molecule has 5 atom stereocenters. The smallest absolute Gasteiger partial charge is 0.303 e. The summed E-state index contributed by atoms with van der Waals surface area (Å²) < 4.78 is 23.0. The van der Waals surface area contributed by atoms with Crippen LogP contribution in [0, 0.1) is 0 Å². The molecule has 0 aromatic rings. The lowest BCUT2D eigenvalue weighted by molar-refractivity contribution is -0.309. The van der Waals surface area contributed by atoms with Crippen LogP contribution in [0.1, 0.15) is 27.7 Å². The fourth-order valence-electron chi connectivity index (χ4n) is 2.23. The van der Waals surface area contributed by atoms with Gasteiger partial charge in [-0.1, -0.05) is 0 Å². The lowest BCUT2D eigenvalue weighted by atomic mass is 9.98. The van der Waals surface area contributed by atoms with E-state index < -0.39 is 59.6 Å². The van der Waals surface area contributed by atoms with E-state index in [-0.39, 0.29) is 0 Å². The van der Waals surface area contributed by atoms with E-state index >= 15 is 0 Å². The Morgan fingerprint density at radius 2 is 1.40 bits per heavy atom. The van der Waals surface area contributed by atoms with Crippen molar-refractivity contribution in [1.29, 1.82) is 0 Å². The number of alkyl halides is 1. The molecule has 0 aromatic carbocycles. The Hall–Kier alpha value is -1.72. The number of carbonyl (C=O) groups is 4. The number of ether oxygens (including phenoxy) is 5. The van der Waals surface area contributed by atoms with Gasteiger partial charge in [0.25, 0.3) is 4.70 Å². The molecule has 0 spiro atoms. The molecular formula is C14H19BrO10. The van der Waals surface area contributed by atoms with Gasteiger partial charge in [0, 0.05) is 27.7 Å². The summed E-state index contributed by atoms with van der Waals surface area (Å²) in [5.74, 6) is -2.98. The molecule has 142 valence electrons. The van der Waals surface area contributed by atoms with Crippen LogP contribution in [0.3, 0.4) is 0 Å². The quantitative estimate of drug-likeness (QED) is 0.357. The number of rotatable bonds is 5. The maximum atomic E-state index is 11.4. The monoisotopic (exact) mass is 426 g/mol. The van der Waals surface area contributed by atoms with Crippen LogP contribution in [-0.4, -0.2) is 64.7 Å². The lowest BCUT2D eigenvalue weighted by Gasteiger charge is -2.46. The summed E-state index contributed by atoms with van der Waals surface area (Å²) in [6.45, 7) is 3.99. The minimum atomic E-state index is -2.28. The molecule has 1 saturated heterocycles. The van der Waals surface area contributed by atoms with E-state index in [1.165, 1.54) is 0 Å². The minimum absolute atomic E-state index is 0.411. The summed E-state index contributed by atoms with van der Waals surface area (Å²) in [5.41, 5.74) is 0. The van der Waals surface area contributed by atoms with Crippen LogP contribution in [0.4, 0.5) is 0 Å². The van der Waals surface area contributed by atoms with Gasteiger partial charge in [-0.3, -0.25) is 19.2 Å². The van der Waals surface area contributed by atoms with Gasteiger partial charge in [-0.2, -0.15) is 0 Å². The van der Waals surface area contributed by atoms with Crippen molar-refractivity contribution in [2.24, 2.45) is 0 Å². The van der Waals surface area contributed by atoms with Crippen LogP contribution in [0.2, 0.25) is 0 Å². The fraction of sp³-hybridized carbons (Fsp3) is 0.714. The van der Waals surface area contributed by atoms with Gasteiger partial charge >= 0.3 is 23.9 Å². The van der Waals surface area contributed by atoms with Gasteiger partial charge in [0.1, 0.15) is 12.7 Å². The second kappa shape index (κ2) is 8.59. The van der Waals surface area contributed by atoms with Gasteiger partial charge in [-0.15, -0.1) is 0 Å². The largest absolute Gasteiger partial charge is 0.463 e. The Bertz CT molecular complexity index is 546. The van der Waals surface area contributed by atoms with Crippen LogP contribution in [0.5, 0.6) is 0 Å². The average molecular weight is 427 g/mol. The first-order chi connectivity index (χ1) is 11.4. The van der Waals surface area contributed by atoms with E-state index in [1.807, 2.05) is 0 Å². The summed E-state index contributed by atoms with van der Waals surface area (Å²) in [7, 11) is 0. The number of carbonyl (C=O) groups excluding carboxylic acids is 4. The fourth-order valence-corrected chi connectivity index (χ4v) is 2.83. The zero-order valence-electron chi connectivity index (χ0n) is 14.0. The summed E-state index contributed by atoms with van der Waals surface area (Å²) in [6.07, 6.45) is -5.47. The Morgan fingerprint density at radius 3 is 1.84 bits per heavy atom. The van der Waals surface area contributed by atoms with Crippen molar-refractivity contribution in [2.45, 2.75) is 56.8 Å². The van der Waals surface area contributed by atoms with Gasteiger partial charge in [-0.05, 0) is 15.9 Å². The average Bonchev–Trinajstić information content (AvgIpc) is 2.42.